The minimum absolute atomic E-state index is 0.0910. The second-order valence-electron chi connectivity index (χ2n) is 8.18. The second kappa shape index (κ2) is 11.2. The number of hydrogen-bond acceptors (Lipinski definition) is 7. The fourth-order valence-corrected chi connectivity index (χ4v) is 3.04. The van der Waals surface area contributed by atoms with E-state index in [1.807, 2.05) is 51.1 Å². The van der Waals surface area contributed by atoms with E-state index < -0.39 is 30.6 Å². The molecular weight excluding hydrogens is 428 g/mol. The van der Waals surface area contributed by atoms with E-state index >= 15 is 0 Å². The molecule has 2 aromatic carbocycles. The average molecular weight is 459 g/mol. The molecule has 2 rings (SSSR count). The molecule has 0 fully saturated rings. The molecule has 0 bridgehead atoms. The first-order chi connectivity index (χ1) is 15.6. The zero-order valence-electron chi connectivity index (χ0n) is 19.5. The Hall–Kier alpha value is -3.75. The number of primary amides is 1. The molecule has 0 spiro atoms. The van der Waals surface area contributed by atoms with Crippen LogP contribution in [-0.4, -0.2) is 55.7 Å². The van der Waals surface area contributed by atoms with Crippen molar-refractivity contribution in [2.45, 2.75) is 32.9 Å². The van der Waals surface area contributed by atoms with Gasteiger partial charge in [-0.3, -0.25) is 9.59 Å². The number of ether oxygens (including phenoxy) is 4. The first kappa shape index (κ1) is 25.5. The number of esters is 1. The molecule has 0 saturated carbocycles. The van der Waals surface area contributed by atoms with Gasteiger partial charge >= 0.3 is 5.97 Å². The van der Waals surface area contributed by atoms with Crippen molar-refractivity contribution >= 4 is 17.8 Å². The molecule has 2 N–H and O–H groups in total. The smallest absolute Gasteiger partial charge is 0.338 e. The summed E-state index contributed by atoms with van der Waals surface area (Å²) in [7, 11) is 2.74. The predicted octanol–water partition coefficient (Wildman–Crippen LogP) is 2.55. The fourth-order valence-electron chi connectivity index (χ4n) is 3.04. The maximum Gasteiger partial charge on any atom is 0.338 e. The van der Waals surface area contributed by atoms with E-state index in [4.69, 9.17) is 24.7 Å². The van der Waals surface area contributed by atoms with Crippen molar-refractivity contribution in [3.05, 3.63) is 53.6 Å². The van der Waals surface area contributed by atoms with Gasteiger partial charge < -0.3 is 29.6 Å². The normalized spacial score (nSPS) is 10.8. The van der Waals surface area contributed by atoms with Crippen molar-refractivity contribution in [2.24, 2.45) is 5.73 Å². The van der Waals surface area contributed by atoms with Crippen LogP contribution in [0.25, 0.3) is 0 Å². The number of carbonyl (C=O) groups excluding carboxylic acids is 3. The topological polar surface area (TPSA) is 117 Å². The molecule has 33 heavy (non-hydrogen) atoms. The van der Waals surface area contributed by atoms with Crippen molar-refractivity contribution in [3.63, 3.8) is 0 Å². The van der Waals surface area contributed by atoms with E-state index in [-0.39, 0.29) is 28.7 Å². The summed E-state index contributed by atoms with van der Waals surface area (Å²) in [6.07, 6.45) is 0. The first-order valence-corrected chi connectivity index (χ1v) is 10.3. The monoisotopic (exact) mass is 458 g/mol. The maximum absolute atomic E-state index is 12.9. The summed E-state index contributed by atoms with van der Waals surface area (Å²) < 4.78 is 21.1. The van der Waals surface area contributed by atoms with Crippen LogP contribution in [0.2, 0.25) is 0 Å². The van der Waals surface area contributed by atoms with Gasteiger partial charge in [0.25, 0.3) is 11.8 Å². The zero-order chi connectivity index (χ0) is 24.6. The molecule has 2 aromatic rings. The standard InChI is InChI=1S/C24H30N2O7/c1-24(2,3)26(13-16-9-7-6-8-10-16)21(28)15-33-23(29)17-11-18(30-4)22(19(12-17)31-5)32-14-20(25)27/h6-12H,13-15H2,1-5H3,(H2,25,27). The average Bonchev–Trinajstić information content (AvgIpc) is 2.78. The number of rotatable bonds is 10. The summed E-state index contributed by atoms with van der Waals surface area (Å²) >= 11 is 0. The molecule has 178 valence electrons. The molecule has 0 radical (unpaired) electrons. The number of hydrogen-bond donors (Lipinski definition) is 1. The lowest BCUT2D eigenvalue weighted by atomic mass is 10.0. The SMILES string of the molecule is COc1cc(C(=O)OCC(=O)N(Cc2ccccc2)C(C)(C)C)cc(OC)c1OCC(N)=O. The van der Waals surface area contributed by atoms with Crippen LogP contribution < -0.4 is 19.9 Å². The number of carbonyl (C=O) groups is 3. The van der Waals surface area contributed by atoms with E-state index in [2.05, 4.69) is 0 Å². The lowest BCUT2D eigenvalue weighted by Gasteiger charge is -2.35. The van der Waals surface area contributed by atoms with Crippen molar-refractivity contribution < 1.29 is 33.3 Å². The van der Waals surface area contributed by atoms with Gasteiger partial charge in [-0.05, 0) is 38.5 Å². The van der Waals surface area contributed by atoms with E-state index in [0.717, 1.165) is 5.56 Å². The lowest BCUT2D eigenvalue weighted by molar-refractivity contribution is -0.140. The Morgan fingerprint density at radius 1 is 0.939 bits per heavy atom. The summed E-state index contributed by atoms with van der Waals surface area (Å²) in [4.78, 5) is 38.3. The zero-order valence-corrected chi connectivity index (χ0v) is 19.5. The van der Waals surface area contributed by atoms with E-state index in [1.54, 1.807) is 4.90 Å². The quantitative estimate of drug-likeness (QED) is 0.544. The molecule has 0 saturated heterocycles. The molecule has 0 aliphatic rings. The molecule has 2 amide bonds. The molecule has 9 nitrogen and oxygen atoms in total. The molecule has 0 aliphatic heterocycles. The van der Waals surface area contributed by atoms with Crippen molar-refractivity contribution in [2.75, 3.05) is 27.4 Å². The number of nitrogens with zero attached hydrogens (tertiary/aromatic N) is 1. The number of nitrogens with two attached hydrogens (primary N) is 1. The first-order valence-electron chi connectivity index (χ1n) is 10.3. The summed E-state index contributed by atoms with van der Waals surface area (Å²) in [6.45, 7) is 5.29. The van der Waals surface area contributed by atoms with Crippen molar-refractivity contribution in [1.82, 2.24) is 4.90 Å². The van der Waals surface area contributed by atoms with Crippen LogP contribution in [0.5, 0.6) is 17.2 Å². The minimum atomic E-state index is -0.741. The highest BCUT2D eigenvalue weighted by molar-refractivity contribution is 5.93. The van der Waals surface area contributed by atoms with Gasteiger partial charge in [-0.15, -0.1) is 0 Å². The lowest BCUT2D eigenvalue weighted by Crippen LogP contribution is -2.46. The van der Waals surface area contributed by atoms with Crippen LogP contribution >= 0.6 is 0 Å². The van der Waals surface area contributed by atoms with E-state index in [9.17, 15) is 14.4 Å². The molecule has 0 atom stereocenters. The van der Waals surface area contributed by atoms with Crippen LogP contribution in [0, 0.1) is 0 Å². The maximum atomic E-state index is 12.9. The number of benzene rings is 2. The van der Waals surface area contributed by atoms with Crippen molar-refractivity contribution in [1.29, 1.82) is 0 Å². The second-order valence-corrected chi connectivity index (χ2v) is 8.18. The van der Waals surface area contributed by atoms with Gasteiger partial charge in [-0.1, -0.05) is 30.3 Å². The molecule has 0 aliphatic carbocycles. The van der Waals surface area contributed by atoms with Gasteiger partial charge in [0.1, 0.15) is 0 Å². The Balaban J connectivity index is 2.16. The Morgan fingerprint density at radius 2 is 1.52 bits per heavy atom. The Morgan fingerprint density at radius 3 is 2.00 bits per heavy atom. The van der Waals surface area contributed by atoms with Gasteiger partial charge in [0.2, 0.25) is 5.75 Å². The van der Waals surface area contributed by atoms with Gasteiger partial charge in [0, 0.05) is 12.1 Å². The summed E-state index contributed by atoms with van der Waals surface area (Å²) in [5.74, 6) is -1.34. The molecule has 0 heterocycles. The van der Waals surface area contributed by atoms with E-state index in [1.165, 1.54) is 26.4 Å². The highest BCUT2D eigenvalue weighted by atomic mass is 16.5. The van der Waals surface area contributed by atoms with Crippen molar-refractivity contribution in [3.8, 4) is 17.2 Å². The van der Waals surface area contributed by atoms with E-state index in [0.29, 0.717) is 6.54 Å². The molecule has 0 unspecified atom stereocenters. The summed E-state index contributed by atoms with van der Waals surface area (Å²) in [5, 5.41) is 0. The van der Waals surface area contributed by atoms with Crippen LogP contribution in [0.1, 0.15) is 36.7 Å². The minimum Gasteiger partial charge on any atom is -0.493 e. The Kier molecular flexibility index (Phi) is 8.67. The molecular formula is C24H30N2O7. The third-order valence-electron chi connectivity index (χ3n) is 4.68. The van der Waals surface area contributed by atoms with Crippen LogP contribution in [0.3, 0.4) is 0 Å². The summed E-state index contributed by atoms with van der Waals surface area (Å²) in [6, 6.07) is 12.3. The van der Waals surface area contributed by atoms with Gasteiger partial charge in [-0.25, -0.2) is 4.79 Å². The van der Waals surface area contributed by atoms with Crippen LogP contribution in [0.4, 0.5) is 0 Å². The van der Waals surface area contributed by atoms with Gasteiger partial charge in [-0.2, -0.15) is 0 Å². The Labute approximate surface area is 193 Å². The number of methoxy groups -OCH3 is 2. The third kappa shape index (κ3) is 7.13. The highest BCUT2D eigenvalue weighted by Gasteiger charge is 2.28. The fraction of sp³-hybridized carbons (Fsp3) is 0.375. The van der Waals surface area contributed by atoms with Gasteiger partial charge in [0.05, 0.1) is 19.8 Å². The highest BCUT2D eigenvalue weighted by Crippen LogP contribution is 2.38. The summed E-state index contributed by atoms with van der Waals surface area (Å²) in [5.41, 5.74) is 5.69. The van der Waals surface area contributed by atoms with Crippen LogP contribution in [-0.2, 0) is 20.9 Å². The molecule has 0 aromatic heterocycles. The van der Waals surface area contributed by atoms with Gasteiger partial charge in [0.15, 0.2) is 24.7 Å². The third-order valence-corrected chi connectivity index (χ3v) is 4.68. The van der Waals surface area contributed by atoms with Crippen LogP contribution in [0.15, 0.2) is 42.5 Å². The Bertz CT molecular complexity index is 959. The largest absolute Gasteiger partial charge is 0.493 e. The predicted molar refractivity (Wildman–Crippen MR) is 121 cm³/mol. The number of amides is 2. The molecule has 9 heteroatoms.